The van der Waals surface area contributed by atoms with Crippen molar-refractivity contribution in [2.24, 2.45) is 23.5 Å². The Balaban J connectivity index is 1.32. The average Bonchev–Trinajstić information content (AvgIpc) is 3.70. The van der Waals surface area contributed by atoms with Gasteiger partial charge in [-0.2, -0.15) is 5.10 Å². The number of amides is 1. The summed E-state index contributed by atoms with van der Waals surface area (Å²) in [5, 5.41) is 6.69. The van der Waals surface area contributed by atoms with E-state index in [1.807, 2.05) is 69.9 Å². The molecule has 4 heterocycles. The number of primary amides is 1. The van der Waals surface area contributed by atoms with E-state index in [2.05, 4.69) is 41.4 Å². The van der Waals surface area contributed by atoms with Gasteiger partial charge < -0.3 is 10.3 Å². The number of hydrogen-bond donors (Lipinski definition) is 1. The molecule has 10 heteroatoms. The topological polar surface area (TPSA) is 105 Å². The molecule has 8 nitrogen and oxygen atoms in total. The summed E-state index contributed by atoms with van der Waals surface area (Å²) in [6.07, 6.45) is 8.44. The molecule has 0 radical (unpaired) electrons. The predicted molar refractivity (Wildman–Crippen MR) is 191 cm³/mol. The molecule has 0 saturated heterocycles. The second kappa shape index (κ2) is 11.9. The molecule has 3 saturated carbocycles. The highest BCUT2D eigenvalue weighted by molar-refractivity contribution is 6.31. The van der Waals surface area contributed by atoms with Crippen molar-refractivity contribution >= 4 is 39.6 Å². The smallest absolute Gasteiger partial charge is 0.222 e. The lowest BCUT2D eigenvalue weighted by molar-refractivity contribution is -0.130. The van der Waals surface area contributed by atoms with Crippen LogP contribution in [0.25, 0.3) is 33.6 Å². The van der Waals surface area contributed by atoms with Crippen LogP contribution in [0.1, 0.15) is 48.4 Å². The van der Waals surface area contributed by atoms with Crippen LogP contribution in [0, 0.1) is 23.6 Å². The third kappa shape index (κ3) is 4.60. The minimum atomic E-state index is -0.965. The zero-order valence-electron chi connectivity index (χ0n) is 27.0. The molecule has 3 aliphatic carbocycles. The predicted octanol–water partition coefficient (Wildman–Crippen LogP) is 7.94. The number of pyridine rings is 1. The first kappa shape index (κ1) is 30.6. The number of fused-ring (bicyclic) bond motifs is 5. The highest BCUT2D eigenvalue weighted by Gasteiger charge is 2.48. The summed E-state index contributed by atoms with van der Waals surface area (Å²) in [6, 6.07) is 32.2. The van der Waals surface area contributed by atoms with Crippen molar-refractivity contribution in [1.82, 2.24) is 29.3 Å². The van der Waals surface area contributed by atoms with Gasteiger partial charge in [0.15, 0.2) is 17.3 Å². The van der Waals surface area contributed by atoms with Crippen LogP contribution < -0.4 is 5.73 Å². The van der Waals surface area contributed by atoms with Gasteiger partial charge >= 0.3 is 0 Å². The Morgan fingerprint density at radius 1 is 0.780 bits per heavy atom. The standard InChI is InChI=1S/C40H33ClFN7O/c41-29-20-30-34(37-44-22-31-32(42)23-48(39(31)46-37)35-25-18-16-24(17-19-25)33(35)36(43)50)47-49(38(30)45-21-29)40(26-10-4-1-5-11-26,27-12-6-2-7-13-27)28-14-8-3-9-15-28/h1-15,20-25,33,35H,16-19H2,(H2,43,50)/t24?,25?,33-,35-/m0/s1. The van der Waals surface area contributed by atoms with Gasteiger partial charge in [0, 0.05) is 24.6 Å². The number of nitrogens with two attached hydrogens (primary N) is 1. The third-order valence-corrected chi connectivity index (χ3v) is 11.1. The molecule has 7 aromatic rings. The van der Waals surface area contributed by atoms with Crippen LogP contribution in [0.15, 0.2) is 116 Å². The minimum absolute atomic E-state index is 0.180. The lowest BCUT2D eigenvalue weighted by Crippen LogP contribution is -2.47. The van der Waals surface area contributed by atoms with E-state index in [0.29, 0.717) is 33.2 Å². The normalized spacial score (nSPS) is 20.4. The molecule has 3 aliphatic rings. The monoisotopic (exact) mass is 681 g/mol. The third-order valence-electron chi connectivity index (χ3n) is 10.9. The van der Waals surface area contributed by atoms with Gasteiger partial charge in [-0.25, -0.2) is 24.0 Å². The molecular weight excluding hydrogens is 649 g/mol. The number of benzene rings is 3. The first-order chi connectivity index (χ1) is 24.4. The summed E-state index contributed by atoms with van der Waals surface area (Å²) in [6.45, 7) is 0. The van der Waals surface area contributed by atoms with Crippen LogP contribution in [0.3, 0.4) is 0 Å². The number of rotatable bonds is 7. The molecule has 1 amide bonds. The Kier molecular flexibility index (Phi) is 7.28. The van der Waals surface area contributed by atoms with Gasteiger partial charge in [-0.15, -0.1) is 0 Å². The largest absolute Gasteiger partial charge is 0.369 e. The highest BCUT2D eigenvalue weighted by Crippen LogP contribution is 2.52. The van der Waals surface area contributed by atoms with E-state index in [4.69, 9.17) is 32.4 Å². The molecule has 3 aromatic carbocycles. The first-order valence-electron chi connectivity index (χ1n) is 17.0. The van der Waals surface area contributed by atoms with Crippen molar-refractivity contribution in [2.75, 3.05) is 0 Å². The molecule has 2 atom stereocenters. The van der Waals surface area contributed by atoms with Gasteiger partial charge in [0.1, 0.15) is 16.9 Å². The summed E-state index contributed by atoms with van der Waals surface area (Å²) in [5.41, 5.74) is 9.40. The maximum atomic E-state index is 15.6. The summed E-state index contributed by atoms with van der Waals surface area (Å²) in [4.78, 5) is 27.4. The number of nitrogens with zero attached hydrogens (tertiary/aromatic N) is 6. The molecule has 2 bridgehead atoms. The van der Waals surface area contributed by atoms with E-state index < -0.39 is 11.4 Å². The van der Waals surface area contributed by atoms with E-state index in [-0.39, 0.29) is 35.1 Å². The van der Waals surface area contributed by atoms with Crippen molar-refractivity contribution in [3.8, 4) is 11.5 Å². The van der Waals surface area contributed by atoms with E-state index in [1.54, 1.807) is 6.20 Å². The van der Waals surface area contributed by atoms with Gasteiger partial charge in [0.2, 0.25) is 5.91 Å². The van der Waals surface area contributed by atoms with Gasteiger partial charge in [0.05, 0.1) is 21.7 Å². The van der Waals surface area contributed by atoms with E-state index in [0.717, 1.165) is 42.4 Å². The Hall–Kier alpha value is -5.41. The average molecular weight is 682 g/mol. The van der Waals surface area contributed by atoms with E-state index in [9.17, 15) is 4.79 Å². The summed E-state index contributed by atoms with van der Waals surface area (Å²) in [7, 11) is 0. The van der Waals surface area contributed by atoms with Crippen molar-refractivity contribution in [3.05, 3.63) is 143 Å². The fraction of sp³-hybridized carbons (Fsp3) is 0.225. The second-order valence-corrected chi connectivity index (χ2v) is 13.9. The maximum absolute atomic E-state index is 15.6. The lowest BCUT2D eigenvalue weighted by atomic mass is 9.61. The molecule has 2 N–H and O–H groups in total. The fourth-order valence-electron chi connectivity index (χ4n) is 8.83. The van der Waals surface area contributed by atoms with Crippen molar-refractivity contribution < 1.29 is 9.18 Å². The molecular formula is C40H33ClFN7O. The Morgan fingerprint density at radius 2 is 1.36 bits per heavy atom. The zero-order valence-corrected chi connectivity index (χ0v) is 27.8. The minimum Gasteiger partial charge on any atom is -0.369 e. The number of halogens is 2. The maximum Gasteiger partial charge on any atom is 0.222 e. The molecule has 0 spiro atoms. The van der Waals surface area contributed by atoms with Crippen LogP contribution in [0.2, 0.25) is 5.02 Å². The quantitative estimate of drug-likeness (QED) is 0.172. The Labute approximate surface area is 292 Å². The number of carbonyl (C=O) groups excluding carboxylic acids is 1. The van der Waals surface area contributed by atoms with E-state index >= 15 is 4.39 Å². The van der Waals surface area contributed by atoms with Crippen LogP contribution in [-0.4, -0.2) is 35.2 Å². The summed E-state index contributed by atoms with van der Waals surface area (Å²) < 4.78 is 19.4. The molecule has 10 rings (SSSR count). The SMILES string of the molecule is NC(=O)[C@H]1C2CCC(CC2)[C@@H]1n1cc(F)c2cnc(-c3nn(C(c4ccccc4)(c4ccccc4)c4ccccc4)c4ncc(Cl)cc34)nc21. The van der Waals surface area contributed by atoms with Gasteiger partial charge in [-0.1, -0.05) is 103 Å². The van der Waals surface area contributed by atoms with Gasteiger partial charge in [0.25, 0.3) is 0 Å². The molecule has 0 unspecified atom stereocenters. The zero-order chi connectivity index (χ0) is 34.0. The van der Waals surface area contributed by atoms with Crippen LogP contribution in [-0.2, 0) is 10.3 Å². The fourth-order valence-corrected chi connectivity index (χ4v) is 8.99. The molecule has 248 valence electrons. The first-order valence-corrected chi connectivity index (χ1v) is 17.4. The van der Waals surface area contributed by atoms with E-state index in [1.165, 1.54) is 12.4 Å². The molecule has 50 heavy (non-hydrogen) atoms. The Bertz CT molecular complexity index is 2270. The lowest BCUT2D eigenvalue weighted by Gasteiger charge is -2.47. The summed E-state index contributed by atoms with van der Waals surface area (Å²) >= 11 is 6.62. The summed E-state index contributed by atoms with van der Waals surface area (Å²) in [5.74, 6) is -0.485. The van der Waals surface area contributed by atoms with Crippen molar-refractivity contribution in [3.63, 3.8) is 0 Å². The molecule has 3 fully saturated rings. The van der Waals surface area contributed by atoms with Crippen molar-refractivity contribution in [1.29, 1.82) is 0 Å². The van der Waals surface area contributed by atoms with Gasteiger partial charge in [-0.3, -0.25) is 4.79 Å². The number of hydrogen-bond acceptors (Lipinski definition) is 5. The molecule has 0 aliphatic heterocycles. The van der Waals surface area contributed by atoms with Crippen molar-refractivity contribution in [2.45, 2.75) is 37.3 Å². The van der Waals surface area contributed by atoms with Crippen LogP contribution in [0.4, 0.5) is 4.39 Å². The number of aromatic nitrogens is 6. The Morgan fingerprint density at radius 3 is 1.94 bits per heavy atom. The van der Waals surface area contributed by atoms with Gasteiger partial charge in [-0.05, 0) is 60.3 Å². The van der Waals surface area contributed by atoms with Crippen LogP contribution >= 0.6 is 11.6 Å². The highest BCUT2D eigenvalue weighted by atomic mass is 35.5. The number of carbonyl (C=O) groups is 1. The van der Waals surface area contributed by atoms with Crippen LogP contribution in [0.5, 0.6) is 0 Å². The second-order valence-electron chi connectivity index (χ2n) is 13.5. The molecule has 4 aromatic heterocycles.